The van der Waals surface area contributed by atoms with Crippen LogP contribution in [0.4, 0.5) is 0 Å². The van der Waals surface area contributed by atoms with Gasteiger partial charge in [-0.2, -0.15) is 4.98 Å². The van der Waals surface area contributed by atoms with E-state index in [9.17, 15) is 10.2 Å². The summed E-state index contributed by atoms with van der Waals surface area (Å²) in [4.78, 5) is 4.19. The quantitative estimate of drug-likeness (QED) is 0.708. The molecule has 0 bridgehead atoms. The van der Waals surface area contributed by atoms with Crippen molar-refractivity contribution in [3.8, 4) is 22.9 Å². The van der Waals surface area contributed by atoms with Crippen LogP contribution < -0.4 is 5.73 Å². The zero-order valence-electron chi connectivity index (χ0n) is 10.00. The smallest absolute Gasteiger partial charge is 0.228 e. The lowest BCUT2D eigenvalue weighted by molar-refractivity contribution is 0.368. The highest BCUT2D eigenvalue weighted by atomic mass is 16.5. The van der Waals surface area contributed by atoms with Crippen molar-refractivity contribution in [2.45, 2.75) is 25.8 Å². The van der Waals surface area contributed by atoms with Gasteiger partial charge in [0.1, 0.15) is 0 Å². The van der Waals surface area contributed by atoms with Crippen molar-refractivity contribution in [3.05, 3.63) is 24.1 Å². The topological polar surface area (TPSA) is 105 Å². The van der Waals surface area contributed by atoms with E-state index < -0.39 is 0 Å². The molecule has 2 aromatic rings. The number of nitrogens with zero attached hydrogens (tertiary/aromatic N) is 2. The van der Waals surface area contributed by atoms with Gasteiger partial charge >= 0.3 is 0 Å². The first-order valence-electron chi connectivity index (χ1n) is 5.70. The third-order valence-electron chi connectivity index (χ3n) is 2.66. The first kappa shape index (κ1) is 12.4. The molecule has 0 aliphatic heterocycles. The molecule has 18 heavy (non-hydrogen) atoms. The fourth-order valence-electron chi connectivity index (χ4n) is 1.49. The summed E-state index contributed by atoms with van der Waals surface area (Å²) in [6.45, 7) is 1.99. The molecule has 0 saturated carbocycles. The van der Waals surface area contributed by atoms with E-state index in [1.807, 2.05) is 6.92 Å². The van der Waals surface area contributed by atoms with Crippen LogP contribution >= 0.6 is 0 Å². The summed E-state index contributed by atoms with van der Waals surface area (Å²) in [5.41, 5.74) is 6.37. The standard InChI is InChI=1S/C12H15N3O3/c1-2-8(13)6-11-14-12(15-18-11)7-3-4-9(16)10(17)5-7/h3-5,8,16-17H,2,6,13H2,1H3. The highest BCUT2D eigenvalue weighted by molar-refractivity contribution is 5.59. The molecule has 1 heterocycles. The van der Waals surface area contributed by atoms with Crippen LogP contribution in [0.5, 0.6) is 11.5 Å². The van der Waals surface area contributed by atoms with Gasteiger partial charge < -0.3 is 20.5 Å². The van der Waals surface area contributed by atoms with Crippen molar-refractivity contribution in [2.24, 2.45) is 5.73 Å². The summed E-state index contributed by atoms with van der Waals surface area (Å²) in [6.07, 6.45) is 1.35. The predicted octanol–water partition coefficient (Wildman–Crippen LogP) is 1.43. The Kier molecular flexibility index (Phi) is 3.47. The molecule has 2 rings (SSSR count). The third kappa shape index (κ3) is 2.60. The van der Waals surface area contributed by atoms with Crippen LogP contribution in [-0.2, 0) is 6.42 Å². The van der Waals surface area contributed by atoms with E-state index in [0.29, 0.717) is 23.7 Å². The second-order valence-corrected chi connectivity index (χ2v) is 4.09. The molecule has 0 radical (unpaired) electrons. The van der Waals surface area contributed by atoms with E-state index in [2.05, 4.69) is 10.1 Å². The minimum absolute atomic E-state index is 0.00785. The van der Waals surface area contributed by atoms with Gasteiger partial charge in [-0.25, -0.2) is 0 Å². The van der Waals surface area contributed by atoms with Crippen LogP contribution in [0.2, 0.25) is 0 Å². The molecule has 0 spiro atoms. The Morgan fingerprint density at radius 3 is 2.78 bits per heavy atom. The Balaban J connectivity index is 2.21. The first-order valence-corrected chi connectivity index (χ1v) is 5.70. The van der Waals surface area contributed by atoms with Crippen LogP contribution in [0.1, 0.15) is 19.2 Å². The highest BCUT2D eigenvalue weighted by Gasteiger charge is 2.12. The molecular weight excluding hydrogens is 234 g/mol. The number of phenolic OH excluding ortho intramolecular Hbond substituents is 2. The van der Waals surface area contributed by atoms with Crippen molar-refractivity contribution in [2.75, 3.05) is 0 Å². The first-order chi connectivity index (χ1) is 8.60. The Morgan fingerprint density at radius 1 is 1.33 bits per heavy atom. The largest absolute Gasteiger partial charge is 0.504 e. The fraction of sp³-hybridized carbons (Fsp3) is 0.333. The molecule has 6 heteroatoms. The number of aromatic nitrogens is 2. The van der Waals surface area contributed by atoms with Gasteiger partial charge in [-0.05, 0) is 24.6 Å². The van der Waals surface area contributed by atoms with Gasteiger partial charge in [0.25, 0.3) is 0 Å². The fourth-order valence-corrected chi connectivity index (χ4v) is 1.49. The number of aromatic hydroxyl groups is 2. The molecule has 1 unspecified atom stereocenters. The molecule has 0 saturated heterocycles. The molecular formula is C12H15N3O3. The molecule has 0 amide bonds. The lowest BCUT2D eigenvalue weighted by atomic mass is 10.1. The van der Waals surface area contributed by atoms with E-state index in [-0.39, 0.29) is 17.5 Å². The van der Waals surface area contributed by atoms with Gasteiger partial charge in [-0.3, -0.25) is 0 Å². The zero-order chi connectivity index (χ0) is 13.1. The molecule has 6 nitrogen and oxygen atoms in total. The number of rotatable bonds is 4. The summed E-state index contributed by atoms with van der Waals surface area (Å²) in [6, 6.07) is 4.34. The molecule has 1 aromatic carbocycles. The number of nitrogens with two attached hydrogens (primary N) is 1. The average molecular weight is 249 g/mol. The Hall–Kier alpha value is -2.08. The van der Waals surface area contributed by atoms with Crippen molar-refractivity contribution >= 4 is 0 Å². The Morgan fingerprint density at radius 2 is 2.11 bits per heavy atom. The van der Waals surface area contributed by atoms with Gasteiger partial charge in [0, 0.05) is 18.0 Å². The van der Waals surface area contributed by atoms with Crippen LogP contribution in [-0.4, -0.2) is 26.4 Å². The predicted molar refractivity (Wildman–Crippen MR) is 65.0 cm³/mol. The van der Waals surface area contributed by atoms with Gasteiger partial charge in [0.2, 0.25) is 11.7 Å². The molecule has 0 aliphatic rings. The van der Waals surface area contributed by atoms with Gasteiger partial charge in [0.05, 0.1) is 0 Å². The van der Waals surface area contributed by atoms with E-state index in [1.165, 1.54) is 12.1 Å². The molecule has 1 atom stereocenters. The maximum atomic E-state index is 9.40. The van der Waals surface area contributed by atoms with Crippen molar-refractivity contribution in [3.63, 3.8) is 0 Å². The Labute approximate surface area is 104 Å². The minimum atomic E-state index is -0.218. The van der Waals surface area contributed by atoms with Crippen molar-refractivity contribution in [1.29, 1.82) is 0 Å². The molecule has 1 aromatic heterocycles. The van der Waals surface area contributed by atoms with Gasteiger partial charge in [0.15, 0.2) is 11.5 Å². The van der Waals surface area contributed by atoms with E-state index in [4.69, 9.17) is 10.3 Å². The van der Waals surface area contributed by atoms with E-state index in [1.54, 1.807) is 6.07 Å². The maximum absolute atomic E-state index is 9.40. The van der Waals surface area contributed by atoms with Crippen molar-refractivity contribution in [1.82, 2.24) is 10.1 Å². The van der Waals surface area contributed by atoms with Crippen LogP contribution in [0.3, 0.4) is 0 Å². The second-order valence-electron chi connectivity index (χ2n) is 4.09. The molecule has 0 fully saturated rings. The molecule has 0 aliphatic carbocycles. The average Bonchev–Trinajstić information content (AvgIpc) is 2.81. The highest BCUT2D eigenvalue weighted by Crippen LogP contribution is 2.29. The summed E-state index contributed by atoms with van der Waals surface area (Å²) >= 11 is 0. The van der Waals surface area contributed by atoms with Gasteiger partial charge in [-0.1, -0.05) is 12.1 Å². The summed E-state index contributed by atoms with van der Waals surface area (Å²) in [5.74, 6) is 0.426. The molecule has 4 N–H and O–H groups in total. The summed E-state index contributed by atoms with van der Waals surface area (Å²) in [7, 11) is 0. The number of benzene rings is 1. The lowest BCUT2D eigenvalue weighted by Gasteiger charge is -2.02. The van der Waals surface area contributed by atoms with E-state index in [0.717, 1.165) is 6.42 Å². The lowest BCUT2D eigenvalue weighted by Crippen LogP contribution is -2.21. The Bertz CT molecular complexity index is 539. The number of phenols is 2. The zero-order valence-corrected chi connectivity index (χ0v) is 10.00. The molecule has 96 valence electrons. The third-order valence-corrected chi connectivity index (χ3v) is 2.66. The minimum Gasteiger partial charge on any atom is -0.504 e. The maximum Gasteiger partial charge on any atom is 0.228 e. The summed E-state index contributed by atoms with van der Waals surface area (Å²) < 4.78 is 5.08. The SMILES string of the molecule is CCC(N)Cc1nc(-c2ccc(O)c(O)c2)no1. The summed E-state index contributed by atoms with van der Waals surface area (Å²) in [5, 5.41) is 22.4. The number of hydrogen-bond acceptors (Lipinski definition) is 6. The van der Waals surface area contributed by atoms with Gasteiger partial charge in [-0.15, -0.1) is 0 Å². The monoisotopic (exact) mass is 249 g/mol. The van der Waals surface area contributed by atoms with Crippen LogP contribution in [0.25, 0.3) is 11.4 Å². The normalized spacial score (nSPS) is 12.6. The van der Waals surface area contributed by atoms with Crippen LogP contribution in [0.15, 0.2) is 22.7 Å². The number of hydrogen-bond donors (Lipinski definition) is 3. The van der Waals surface area contributed by atoms with Crippen LogP contribution in [0, 0.1) is 0 Å². The van der Waals surface area contributed by atoms with E-state index >= 15 is 0 Å². The second kappa shape index (κ2) is 5.05. The van der Waals surface area contributed by atoms with Crippen molar-refractivity contribution < 1.29 is 14.7 Å².